The molecule has 0 bridgehead atoms. The molecule has 3 amide bonds. The number of carbonyl (C=O) groups is 2. The zero-order chi connectivity index (χ0) is 24.4. The second-order valence-electron chi connectivity index (χ2n) is 9.39. The number of rotatable bonds is 6. The molecule has 2 N–H and O–H groups in total. The van der Waals surface area contributed by atoms with E-state index in [1.165, 1.54) is 0 Å². The summed E-state index contributed by atoms with van der Waals surface area (Å²) in [6, 6.07) is 11.4. The molecule has 2 fully saturated rings. The molecule has 0 saturated carbocycles. The predicted octanol–water partition coefficient (Wildman–Crippen LogP) is 5.38. The Kier molecular flexibility index (Phi) is 7.58. The number of primary amides is 1. The molecule has 2 aliphatic heterocycles. The van der Waals surface area contributed by atoms with E-state index in [1.54, 1.807) is 4.90 Å². The average molecular weight is 504 g/mol. The molecule has 182 valence electrons. The maximum atomic E-state index is 13.2. The first-order valence-corrected chi connectivity index (χ1v) is 12.6. The number of hydrogen-bond donors (Lipinski definition) is 1. The van der Waals surface area contributed by atoms with Crippen LogP contribution in [-0.2, 0) is 11.2 Å². The summed E-state index contributed by atoms with van der Waals surface area (Å²) in [5, 5.41) is 1.15. The quantitative estimate of drug-likeness (QED) is 0.574. The molecule has 0 aromatic heterocycles. The Morgan fingerprint density at radius 2 is 1.65 bits per heavy atom. The lowest BCUT2D eigenvalue weighted by Gasteiger charge is -2.36. The SMILES string of the molecule is CC(C)Oc1ccc(-c2cc(Cl)c(C[C@@H]3CCN(C4CCN(C(N)=O)CC4)C3=O)c(Cl)c2)cc1. The lowest BCUT2D eigenvalue weighted by Crippen LogP contribution is -2.49. The molecular formula is C26H31Cl2N3O3. The van der Waals surface area contributed by atoms with Gasteiger partial charge in [0.1, 0.15) is 5.75 Å². The van der Waals surface area contributed by atoms with Gasteiger partial charge >= 0.3 is 6.03 Å². The Balaban J connectivity index is 1.42. The highest BCUT2D eigenvalue weighted by atomic mass is 35.5. The van der Waals surface area contributed by atoms with Crippen LogP contribution in [0.1, 0.15) is 38.7 Å². The van der Waals surface area contributed by atoms with Crippen LogP contribution in [0.25, 0.3) is 11.1 Å². The fraction of sp³-hybridized carbons (Fsp3) is 0.462. The summed E-state index contributed by atoms with van der Waals surface area (Å²) in [6.45, 7) is 5.90. The van der Waals surface area contributed by atoms with Crippen molar-refractivity contribution in [3.05, 3.63) is 52.0 Å². The fourth-order valence-corrected chi connectivity index (χ4v) is 5.56. The molecule has 4 rings (SSSR count). The predicted molar refractivity (Wildman–Crippen MR) is 135 cm³/mol. The van der Waals surface area contributed by atoms with Gasteiger partial charge in [0.05, 0.1) is 6.10 Å². The van der Waals surface area contributed by atoms with E-state index in [1.807, 2.05) is 55.1 Å². The fourth-order valence-electron chi connectivity index (χ4n) is 4.92. The summed E-state index contributed by atoms with van der Waals surface area (Å²) >= 11 is 13.3. The monoisotopic (exact) mass is 503 g/mol. The maximum absolute atomic E-state index is 13.2. The molecule has 2 aliphatic rings. The summed E-state index contributed by atoms with van der Waals surface area (Å²) in [6.07, 6.45) is 2.94. The van der Waals surface area contributed by atoms with E-state index in [9.17, 15) is 9.59 Å². The van der Waals surface area contributed by atoms with Crippen LogP contribution in [0.4, 0.5) is 4.79 Å². The highest BCUT2D eigenvalue weighted by Crippen LogP contribution is 2.36. The van der Waals surface area contributed by atoms with Crippen molar-refractivity contribution in [3.63, 3.8) is 0 Å². The van der Waals surface area contributed by atoms with Crippen molar-refractivity contribution in [2.24, 2.45) is 11.7 Å². The van der Waals surface area contributed by atoms with Gasteiger partial charge in [-0.05, 0) is 80.5 Å². The molecule has 34 heavy (non-hydrogen) atoms. The van der Waals surface area contributed by atoms with E-state index in [0.29, 0.717) is 29.6 Å². The van der Waals surface area contributed by atoms with Gasteiger partial charge in [-0.3, -0.25) is 4.79 Å². The first-order chi connectivity index (χ1) is 16.2. The summed E-state index contributed by atoms with van der Waals surface area (Å²) in [4.78, 5) is 28.1. The molecule has 1 atom stereocenters. The molecule has 0 radical (unpaired) electrons. The van der Waals surface area contributed by atoms with Crippen LogP contribution in [0, 0.1) is 5.92 Å². The normalized spacial score (nSPS) is 19.2. The number of benzene rings is 2. The third-order valence-electron chi connectivity index (χ3n) is 6.72. The van der Waals surface area contributed by atoms with Gasteiger partial charge in [-0.15, -0.1) is 0 Å². The van der Waals surface area contributed by atoms with Crippen LogP contribution in [0.2, 0.25) is 10.0 Å². The third-order valence-corrected chi connectivity index (χ3v) is 7.39. The van der Waals surface area contributed by atoms with E-state index >= 15 is 0 Å². The molecule has 2 saturated heterocycles. The lowest BCUT2D eigenvalue weighted by molar-refractivity contribution is -0.133. The van der Waals surface area contributed by atoms with E-state index in [0.717, 1.165) is 48.2 Å². The highest BCUT2D eigenvalue weighted by molar-refractivity contribution is 6.36. The zero-order valence-corrected chi connectivity index (χ0v) is 21.1. The van der Waals surface area contributed by atoms with Crippen LogP contribution < -0.4 is 10.5 Å². The zero-order valence-electron chi connectivity index (χ0n) is 19.6. The molecule has 6 nitrogen and oxygen atoms in total. The van der Waals surface area contributed by atoms with Crippen molar-refractivity contribution in [1.29, 1.82) is 0 Å². The summed E-state index contributed by atoms with van der Waals surface area (Å²) in [7, 11) is 0. The van der Waals surface area contributed by atoms with Gasteiger partial charge in [0.15, 0.2) is 0 Å². The van der Waals surface area contributed by atoms with E-state index in [2.05, 4.69) is 0 Å². The maximum Gasteiger partial charge on any atom is 0.314 e. The Morgan fingerprint density at radius 1 is 1.03 bits per heavy atom. The molecule has 0 unspecified atom stereocenters. The minimum atomic E-state index is -0.392. The van der Waals surface area contributed by atoms with E-state index < -0.39 is 6.03 Å². The summed E-state index contributed by atoms with van der Waals surface area (Å²) in [5.41, 5.74) is 8.12. The van der Waals surface area contributed by atoms with Gasteiger partial charge in [-0.1, -0.05) is 35.3 Å². The van der Waals surface area contributed by atoms with Gasteiger partial charge in [0.2, 0.25) is 5.91 Å². The Hall–Kier alpha value is -2.44. The molecule has 8 heteroatoms. The number of nitrogens with zero attached hydrogens (tertiary/aromatic N) is 2. The van der Waals surface area contributed by atoms with Gasteiger partial charge in [-0.2, -0.15) is 0 Å². The number of nitrogens with two attached hydrogens (primary N) is 1. The summed E-state index contributed by atoms with van der Waals surface area (Å²) < 4.78 is 5.71. The van der Waals surface area contributed by atoms with Crippen molar-refractivity contribution < 1.29 is 14.3 Å². The van der Waals surface area contributed by atoms with Crippen molar-refractivity contribution in [3.8, 4) is 16.9 Å². The Labute approximate surface area is 210 Å². The molecule has 0 spiro atoms. The second kappa shape index (κ2) is 10.4. The molecular weight excluding hydrogens is 473 g/mol. The van der Waals surface area contributed by atoms with Gasteiger partial charge in [0, 0.05) is 41.6 Å². The van der Waals surface area contributed by atoms with Crippen molar-refractivity contribution in [1.82, 2.24) is 9.80 Å². The topological polar surface area (TPSA) is 75.9 Å². The number of piperidine rings is 1. The second-order valence-corrected chi connectivity index (χ2v) is 10.2. The number of likely N-dealkylation sites (tertiary alicyclic amines) is 2. The van der Waals surface area contributed by atoms with Gasteiger partial charge in [0.25, 0.3) is 0 Å². The van der Waals surface area contributed by atoms with Crippen LogP contribution in [0.5, 0.6) is 5.75 Å². The lowest BCUT2D eigenvalue weighted by atomic mass is 9.95. The number of urea groups is 1. The smallest absolute Gasteiger partial charge is 0.314 e. The van der Waals surface area contributed by atoms with Crippen LogP contribution in [0.15, 0.2) is 36.4 Å². The third kappa shape index (κ3) is 5.44. The van der Waals surface area contributed by atoms with Crippen LogP contribution in [-0.4, -0.2) is 53.5 Å². The highest BCUT2D eigenvalue weighted by Gasteiger charge is 2.38. The van der Waals surface area contributed by atoms with Gasteiger partial charge in [-0.25, -0.2) is 4.79 Å². The summed E-state index contributed by atoms with van der Waals surface area (Å²) in [5.74, 6) is 0.828. The van der Waals surface area contributed by atoms with Crippen molar-refractivity contribution in [2.75, 3.05) is 19.6 Å². The number of carbonyl (C=O) groups excluding carboxylic acids is 2. The number of hydrogen-bond acceptors (Lipinski definition) is 3. The number of ether oxygens (including phenoxy) is 1. The largest absolute Gasteiger partial charge is 0.491 e. The number of halogens is 2. The molecule has 2 aromatic rings. The standard InChI is InChI=1S/C26H31Cl2N3O3/c1-16(2)34-21-5-3-17(4-6-21)19-14-23(27)22(24(28)15-19)13-18-7-12-31(25(18)32)20-8-10-30(11-9-20)26(29)33/h3-6,14-16,18,20H,7-13H2,1-2H3,(H2,29,33)/t18-/m0/s1. The number of amides is 3. The van der Waals surface area contributed by atoms with Crippen LogP contribution in [0.3, 0.4) is 0 Å². The Morgan fingerprint density at radius 3 is 2.21 bits per heavy atom. The minimum Gasteiger partial charge on any atom is -0.491 e. The molecule has 2 heterocycles. The van der Waals surface area contributed by atoms with Gasteiger partial charge < -0.3 is 20.3 Å². The molecule has 0 aliphatic carbocycles. The Bertz CT molecular complexity index is 1030. The minimum absolute atomic E-state index is 0.117. The van der Waals surface area contributed by atoms with Crippen molar-refractivity contribution in [2.45, 2.75) is 51.7 Å². The first-order valence-electron chi connectivity index (χ1n) is 11.8. The molecule has 2 aromatic carbocycles. The first kappa shape index (κ1) is 24.7. The van der Waals surface area contributed by atoms with Crippen molar-refractivity contribution >= 4 is 35.1 Å². The van der Waals surface area contributed by atoms with E-state index in [4.69, 9.17) is 33.7 Å². The van der Waals surface area contributed by atoms with E-state index in [-0.39, 0.29) is 24.0 Å². The van der Waals surface area contributed by atoms with Crippen LogP contribution >= 0.6 is 23.2 Å². The average Bonchev–Trinajstić information content (AvgIpc) is 3.16.